The summed E-state index contributed by atoms with van der Waals surface area (Å²) in [7, 11) is 1.66. The first-order valence-electron chi connectivity index (χ1n) is 5.08. The predicted molar refractivity (Wildman–Crippen MR) is 82.1 cm³/mol. The van der Waals surface area contributed by atoms with Gasteiger partial charge in [0.2, 0.25) is 0 Å². The normalized spacial score (nSPS) is 13.0. The Kier molecular flexibility index (Phi) is 8.44. The number of aliphatic imine (C=N–C) groups is 1. The van der Waals surface area contributed by atoms with Gasteiger partial charge in [0.15, 0.2) is 5.96 Å². The molecule has 0 aliphatic carbocycles. The molecule has 0 fully saturated rings. The van der Waals surface area contributed by atoms with Gasteiger partial charge in [-0.25, -0.2) is 9.98 Å². The lowest BCUT2D eigenvalue weighted by Crippen LogP contribution is -2.40. The van der Waals surface area contributed by atoms with E-state index in [1.807, 2.05) is 20.0 Å². The molecule has 0 spiro atoms. The van der Waals surface area contributed by atoms with E-state index in [4.69, 9.17) is 10.5 Å². The van der Waals surface area contributed by atoms with E-state index in [9.17, 15) is 0 Å². The maximum atomic E-state index is 5.73. The highest BCUT2D eigenvalue weighted by atomic mass is 127. The summed E-state index contributed by atoms with van der Waals surface area (Å²) >= 11 is 1.63. The van der Waals surface area contributed by atoms with Gasteiger partial charge in [0.05, 0.1) is 18.2 Å². The van der Waals surface area contributed by atoms with Crippen LogP contribution in [0, 0.1) is 6.92 Å². The van der Waals surface area contributed by atoms with E-state index in [1.54, 1.807) is 18.4 Å². The van der Waals surface area contributed by atoms with Crippen LogP contribution in [0.25, 0.3) is 0 Å². The largest absolute Gasteiger partial charge is 0.383 e. The third-order valence-electron chi connectivity index (χ3n) is 1.89. The molecule has 0 bridgehead atoms. The summed E-state index contributed by atoms with van der Waals surface area (Å²) < 4.78 is 4.99. The summed E-state index contributed by atoms with van der Waals surface area (Å²) in [5.74, 6) is 0.440. The van der Waals surface area contributed by atoms with Crippen LogP contribution in [-0.2, 0) is 11.3 Å². The number of halogens is 1. The van der Waals surface area contributed by atoms with Crippen LogP contribution < -0.4 is 11.1 Å². The molecule has 0 aromatic carbocycles. The van der Waals surface area contributed by atoms with Crippen molar-refractivity contribution in [2.24, 2.45) is 10.7 Å². The second-order valence-electron chi connectivity index (χ2n) is 3.55. The molecule has 0 aliphatic rings. The molecule has 1 unspecified atom stereocenters. The minimum absolute atomic E-state index is 0. The fourth-order valence-electron chi connectivity index (χ4n) is 1.23. The molecular weight excluding hydrogens is 351 g/mol. The molecule has 1 atom stereocenters. The molecule has 17 heavy (non-hydrogen) atoms. The number of rotatable bonds is 5. The number of ether oxygens (including phenoxy) is 1. The predicted octanol–water partition coefficient (Wildman–Crippen LogP) is 1.51. The number of guanidine groups is 1. The summed E-state index contributed by atoms with van der Waals surface area (Å²) in [6, 6.07) is 0.164. The van der Waals surface area contributed by atoms with Crippen molar-refractivity contribution in [1.82, 2.24) is 10.3 Å². The number of nitrogens with one attached hydrogen (secondary N) is 1. The maximum absolute atomic E-state index is 5.73. The van der Waals surface area contributed by atoms with Crippen LogP contribution in [0.15, 0.2) is 11.2 Å². The average molecular weight is 370 g/mol. The highest BCUT2D eigenvalue weighted by Crippen LogP contribution is 2.11. The van der Waals surface area contributed by atoms with Crippen molar-refractivity contribution in [3.63, 3.8) is 0 Å². The fourth-order valence-corrected chi connectivity index (χ4v) is 1.95. The summed E-state index contributed by atoms with van der Waals surface area (Å²) in [4.78, 5) is 9.49. The van der Waals surface area contributed by atoms with Crippen molar-refractivity contribution in [1.29, 1.82) is 0 Å². The van der Waals surface area contributed by atoms with Gasteiger partial charge in [0.25, 0.3) is 0 Å². The number of hydrogen-bond acceptors (Lipinski definition) is 4. The number of aryl methyl sites for hydroxylation is 1. The minimum atomic E-state index is 0. The quantitative estimate of drug-likeness (QED) is 0.468. The smallest absolute Gasteiger partial charge is 0.189 e. The Bertz CT molecular complexity index is 356. The average Bonchev–Trinajstić information content (AvgIpc) is 2.61. The van der Waals surface area contributed by atoms with E-state index < -0.39 is 0 Å². The van der Waals surface area contributed by atoms with Gasteiger partial charge < -0.3 is 15.8 Å². The van der Waals surface area contributed by atoms with Crippen LogP contribution in [0.3, 0.4) is 0 Å². The lowest BCUT2D eigenvalue weighted by molar-refractivity contribution is 0.179. The van der Waals surface area contributed by atoms with Gasteiger partial charge in [-0.05, 0) is 13.8 Å². The monoisotopic (exact) mass is 370 g/mol. The van der Waals surface area contributed by atoms with Gasteiger partial charge in [-0.15, -0.1) is 35.3 Å². The zero-order valence-corrected chi connectivity index (χ0v) is 13.4. The molecule has 0 amide bonds. The Morgan fingerprint density at radius 3 is 2.94 bits per heavy atom. The highest BCUT2D eigenvalue weighted by Gasteiger charge is 2.02. The first-order chi connectivity index (χ1) is 7.61. The van der Waals surface area contributed by atoms with Crippen molar-refractivity contribution < 1.29 is 4.74 Å². The van der Waals surface area contributed by atoms with Crippen molar-refractivity contribution in [3.8, 4) is 0 Å². The number of methoxy groups -OCH3 is 1. The molecule has 1 rings (SSSR count). The van der Waals surface area contributed by atoms with Crippen molar-refractivity contribution in [3.05, 3.63) is 16.1 Å². The second kappa shape index (κ2) is 8.65. The summed E-state index contributed by atoms with van der Waals surface area (Å²) in [6.07, 6.45) is 1.83. The number of thiazole rings is 1. The Balaban J connectivity index is 0.00000256. The zero-order valence-electron chi connectivity index (χ0n) is 10.3. The lowest BCUT2D eigenvalue weighted by atomic mass is 10.4. The molecule has 5 nitrogen and oxygen atoms in total. The molecule has 1 aromatic heterocycles. The molecule has 0 saturated heterocycles. The molecule has 1 aromatic rings. The van der Waals surface area contributed by atoms with E-state index in [0.29, 0.717) is 19.1 Å². The second-order valence-corrected chi connectivity index (χ2v) is 4.87. The van der Waals surface area contributed by atoms with Crippen LogP contribution in [-0.4, -0.2) is 30.7 Å². The van der Waals surface area contributed by atoms with Crippen molar-refractivity contribution >= 4 is 41.3 Å². The van der Waals surface area contributed by atoms with Crippen LogP contribution in [0.5, 0.6) is 0 Å². The van der Waals surface area contributed by atoms with Crippen molar-refractivity contribution in [2.45, 2.75) is 26.4 Å². The van der Waals surface area contributed by atoms with Crippen LogP contribution in [0.4, 0.5) is 0 Å². The number of nitrogens with two attached hydrogens (primary N) is 1. The number of hydrogen-bond donors (Lipinski definition) is 2. The third-order valence-corrected chi connectivity index (χ3v) is 2.78. The molecule has 98 valence electrons. The Labute approximate surface area is 123 Å². The first-order valence-corrected chi connectivity index (χ1v) is 5.90. The molecule has 0 aliphatic heterocycles. The third kappa shape index (κ3) is 6.79. The van der Waals surface area contributed by atoms with Gasteiger partial charge in [-0.1, -0.05) is 0 Å². The van der Waals surface area contributed by atoms with E-state index in [2.05, 4.69) is 15.3 Å². The Morgan fingerprint density at radius 2 is 2.41 bits per heavy atom. The van der Waals surface area contributed by atoms with Crippen LogP contribution >= 0.6 is 35.3 Å². The van der Waals surface area contributed by atoms with Crippen LogP contribution in [0.2, 0.25) is 0 Å². The van der Waals surface area contributed by atoms with E-state index >= 15 is 0 Å². The summed E-state index contributed by atoms with van der Waals surface area (Å²) in [5, 5.41) is 4.09. The molecular formula is C10H19IN4OS. The Hall–Kier alpha value is -0.410. The SMILES string of the molecule is COCC(C)NC(N)=NCc1cnc(C)s1.I. The van der Waals surface area contributed by atoms with E-state index in [0.717, 1.165) is 9.88 Å². The zero-order chi connectivity index (χ0) is 12.0. The molecule has 7 heteroatoms. The van der Waals surface area contributed by atoms with Gasteiger partial charge in [0.1, 0.15) is 0 Å². The Morgan fingerprint density at radius 1 is 1.71 bits per heavy atom. The standard InChI is InChI=1S/C10H18N4OS.HI/c1-7(6-15-3)14-10(11)13-5-9-4-12-8(2)16-9;/h4,7H,5-6H2,1-3H3,(H3,11,13,14);1H. The van der Waals surface area contributed by atoms with Crippen LogP contribution in [0.1, 0.15) is 16.8 Å². The minimum Gasteiger partial charge on any atom is -0.383 e. The number of nitrogens with zero attached hydrogens (tertiary/aromatic N) is 2. The van der Waals surface area contributed by atoms with Crippen molar-refractivity contribution in [2.75, 3.05) is 13.7 Å². The summed E-state index contributed by atoms with van der Waals surface area (Å²) in [6.45, 7) is 5.14. The number of aromatic nitrogens is 1. The van der Waals surface area contributed by atoms with E-state index in [-0.39, 0.29) is 30.0 Å². The maximum Gasteiger partial charge on any atom is 0.189 e. The lowest BCUT2D eigenvalue weighted by Gasteiger charge is -2.12. The van der Waals surface area contributed by atoms with Gasteiger partial charge in [0, 0.05) is 24.2 Å². The summed E-state index contributed by atoms with van der Waals surface area (Å²) in [5.41, 5.74) is 5.73. The topological polar surface area (TPSA) is 72.5 Å². The molecule has 0 saturated carbocycles. The van der Waals surface area contributed by atoms with E-state index in [1.165, 1.54) is 0 Å². The van der Waals surface area contributed by atoms with Gasteiger partial charge >= 0.3 is 0 Å². The molecule has 1 heterocycles. The first kappa shape index (κ1) is 16.6. The fraction of sp³-hybridized carbons (Fsp3) is 0.600. The molecule has 0 radical (unpaired) electrons. The molecule has 3 N–H and O–H groups in total. The highest BCUT2D eigenvalue weighted by molar-refractivity contribution is 14.0. The van der Waals surface area contributed by atoms with Gasteiger partial charge in [-0.3, -0.25) is 0 Å². The van der Waals surface area contributed by atoms with Gasteiger partial charge in [-0.2, -0.15) is 0 Å².